The van der Waals surface area contributed by atoms with Crippen LogP contribution in [0.25, 0.3) is 0 Å². The van der Waals surface area contributed by atoms with E-state index in [4.69, 9.17) is 9.15 Å². The third kappa shape index (κ3) is 3.32. The first kappa shape index (κ1) is 14.0. The smallest absolute Gasteiger partial charge is 0.325 e. The molecular formula is C13H21N3O3. The molecular weight excluding hydrogens is 246 g/mol. The van der Waals surface area contributed by atoms with Gasteiger partial charge >= 0.3 is 5.97 Å². The van der Waals surface area contributed by atoms with Gasteiger partial charge in [-0.3, -0.25) is 10.1 Å². The molecule has 1 aromatic heterocycles. The molecule has 2 rings (SSSR count). The summed E-state index contributed by atoms with van der Waals surface area (Å²) < 4.78 is 10.4. The molecule has 1 aromatic rings. The number of hydrogen-bond donors (Lipinski definition) is 1. The number of nitrogens with one attached hydrogen (secondary N) is 1. The standard InChI is InChI=1S/C13H21N3O3/c1-4-7-13(2,12(17)18-3)14-8-10-15-16-11(19-10)9-5-6-9/h9,14H,4-8H2,1-3H3/t13-/m1/s1. The van der Waals surface area contributed by atoms with Gasteiger partial charge in [0.1, 0.15) is 5.54 Å². The summed E-state index contributed by atoms with van der Waals surface area (Å²) in [4.78, 5) is 11.8. The molecule has 1 atom stereocenters. The number of rotatable bonds is 7. The molecule has 0 spiro atoms. The Morgan fingerprint density at radius 2 is 2.26 bits per heavy atom. The van der Waals surface area contributed by atoms with E-state index >= 15 is 0 Å². The van der Waals surface area contributed by atoms with Gasteiger partial charge < -0.3 is 9.15 Å². The van der Waals surface area contributed by atoms with E-state index in [-0.39, 0.29) is 5.97 Å². The number of nitrogens with zero attached hydrogens (tertiary/aromatic N) is 2. The third-order valence-corrected chi connectivity index (χ3v) is 3.42. The van der Waals surface area contributed by atoms with Crippen molar-refractivity contribution >= 4 is 5.97 Å². The van der Waals surface area contributed by atoms with Gasteiger partial charge in [0.05, 0.1) is 13.7 Å². The maximum absolute atomic E-state index is 11.8. The lowest BCUT2D eigenvalue weighted by Crippen LogP contribution is -2.49. The monoisotopic (exact) mass is 267 g/mol. The number of esters is 1. The summed E-state index contributed by atoms with van der Waals surface area (Å²) in [5, 5.41) is 11.2. The molecule has 1 heterocycles. The predicted molar refractivity (Wildman–Crippen MR) is 68.4 cm³/mol. The van der Waals surface area contributed by atoms with Crippen molar-refractivity contribution in [3.63, 3.8) is 0 Å². The SMILES string of the molecule is CCC[C@@](C)(NCc1nnc(C2CC2)o1)C(=O)OC. The number of carbonyl (C=O) groups is 1. The Kier molecular flexibility index (Phi) is 4.19. The molecule has 1 N–H and O–H groups in total. The summed E-state index contributed by atoms with van der Waals surface area (Å²) in [6, 6.07) is 0. The van der Waals surface area contributed by atoms with Crippen molar-refractivity contribution in [2.24, 2.45) is 0 Å². The molecule has 0 amide bonds. The molecule has 1 fully saturated rings. The second kappa shape index (κ2) is 5.69. The highest BCUT2D eigenvalue weighted by Crippen LogP contribution is 2.38. The van der Waals surface area contributed by atoms with Gasteiger partial charge in [0.25, 0.3) is 0 Å². The summed E-state index contributed by atoms with van der Waals surface area (Å²) in [6.07, 6.45) is 3.84. The summed E-state index contributed by atoms with van der Waals surface area (Å²) in [6.45, 7) is 4.24. The van der Waals surface area contributed by atoms with E-state index in [0.717, 1.165) is 19.3 Å². The van der Waals surface area contributed by atoms with Crippen LogP contribution in [0.4, 0.5) is 0 Å². The largest absolute Gasteiger partial charge is 0.468 e. The fraction of sp³-hybridized carbons (Fsp3) is 0.769. The molecule has 106 valence electrons. The number of aromatic nitrogens is 2. The minimum Gasteiger partial charge on any atom is -0.468 e. The summed E-state index contributed by atoms with van der Waals surface area (Å²) in [5.74, 6) is 1.42. The molecule has 6 heteroatoms. The van der Waals surface area contributed by atoms with Gasteiger partial charge in [-0.15, -0.1) is 10.2 Å². The molecule has 19 heavy (non-hydrogen) atoms. The molecule has 0 bridgehead atoms. The van der Waals surface area contributed by atoms with Crippen molar-refractivity contribution in [3.05, 3.63) is 11.8 Å². The Morgan fingerprint density at radius 1 is 1.53 bits per heavy atom. The first-order chi connectivity index (χ1) is 9.09. The van der Waals surface area contributed by atoms with Crippen LogP contribution in [0.3, 0.4) is 0 Å². The minimum absolute atomic E-state index is 0.267. The van der Waals surface area contributed by atoms with Crippen molar-refractivity contribution in [2.75, 3.05) is 7.11 Å². The van der Waals surface area contributed by atoms with Crippen LogP contribution >= 0.6 is 0 Å². The zero-order chi connectivity index (χ0) is 13.9. The van der Waals surface area contributed by atoms with Gasteiger partial charge in [-0.2, -0.15) is 0 Å². The van der Waals surface area contributed by atoms with E-state index in [0.29, 0.717) is 30.7 Å². The van der Waals surface area contributed by atoms with E-state index in [1.165, 1.54) is 7.11 Å². The van der Waals surface area contributed by atoms with Crippen LogP contribution in [0.5, 0.6) is 0 Å². The minimum atomic E-state index is -0.711. The molecule has 1 aliphatic carbocycles. The van der Waals surface area contributed by atoms with Crippen LogP contribution in [-0.2, 0) is 16.1 Å². The lowest BCUT2D eigenvalue weighted by Gasteiger charge is -2.26. The lowest BCUT2D eigenvalue weighted by atomic mass is 9.96. The normalized spacial score (nSPS) is 18.1. The second-order valence-electron chi connectivity index (χ2n) is 5.24. The van der Waals surface area contributed by atoms with E-state index in [9.17, 15) is 4.79 Å². The fourth-order valence-corrected chi connectivity index (χ4v) is 2.09. The quantitative estimate of drug-likeness (QED) is 0.759. The van der Waals surface area contributed by atoms with Gasteiger partial charge in [-0.05, 0) is 26.2 Å². The molecule has 0 aromatic carbocycles. The summed E-state index contributed by atoms with van der Waals surface area (Å²) >= 11 is 0. The van der Waals surface area contributed by atoms with Crippen LogP contribution in [0.1, 0.15) is 57.2 Å². The fourth-order valence-electron chi connectivity index (χ4n) is 2.09. The molecule has 0 saturated heterocycles. The highest BCUT2D eigenvalue weighted by molar-refractivity contribution is 5.80. The van der Waals surface area contributed by atoms with Gasteiger partial charge in [-0.1, -0.05) is 13.3 Å². The molecule has 0 radical (unpaired) electrons. The highest BCUT2D eigenvalue weighted by atomic mass is 16.5. The van der Waals surface area contributed by atoms with Gasteiger partial charge in [0.2, 0.25) is 11.8 Å². The second-order valence-corrected chi connectivity index (χ2v) is 5.24. The van der Waals surface area contributed by atoms with E-state index in [2.05, 4.69) is 15.5 Å². The maximum Gasteiger partial charge on any atom is 0.325 e. The average Bonchev–Trinajstić information content (AvgIpc) is 3.15. The predicted octanol–water partition coefficient (Wildman–Crippen LogP) is 1.77. The van der Waals surface area contributed by atoms with Crippen LogP contribution < -0.4 is 5.32 Å². The maximum atomic E-state index is 11.8. The Labute approximate surface area is 112 Å². The Morgan fingerprint density at radius 3 is 2.84 bits per heavy atom. The van der Waals surface area contributed by atoms with Crippen molar-refractivity contribution in [1.29, 1.82) is 0 Å². The average molecular weight is 267 g/mol. The van der Waals surface area contributed by atoms with Crippen molar-refractivity contribution in [2.45, 2.75) is 57.5 Å². The van der Waals surface area contributed by atoms with Crippen LogP contribution in [0.15, 0.2) is 4.42 Å². The third-order valence-electron chi connectivity index (χ3n) is 3.42. The van der Waals surface area contributed by atoms with Gasteiger partial charge in [-0.25, -0.2) is 0 Å². The van der Waals surface area contributed by atoms with E-state index in [1.54, 1.807) is 0 Å². The topological polar surface area (TPSA) is 77.3 Å². The zero-order valence-corrected chi connectivity index (χ0v) is 11.7. The van der Waals surface area contributed by atoms with Crippen molar-refractivity contribution < 1.29 is 13.9 Å². The summed E-state index contributed by atoms with van der Waals surface area (Å²) in [5.41, 5.74) is -0.711. The Balaban J connectivity index is 1.95. The zero-order valence-electron chi connectivity index (χ0n) is 11.7. The lowest BCUT2D eigenvalue weighted by molar-refractivity contribution is -0.148. The number of carbonyl (C=O) groups excluding carboxylic acids is 1. The summed E-state index contributed by atoms with van der Waals surface area (Å²) in [7, 11) is 1.40. The Bertz CT molecular complexity index is 442. The van der Waals surface area contributed by atoms with Crippen molar-refractivity contribution in [1.82, 2.24) is 15.5 Å². The Hall–Kier alpha value is -1.43. The number of methoxy groups -OCH3 is 1. The first-order valence-electron chi connectivity index (χ1n) is 6.74. The number of ether oxygens (including phenoxy) is 1. The molecule has 0 unspecified atom stereocenters. The molecule has 0 aliphatic heterocycles. The molecule has 1 saturated carbocycles. The van der Waals surface area contributed by atoms with Crippen LogP contribution in [-0.4, -0.2) is 28.8 Å². The van der Waals surface area contributed by atoms with Gasteiger partial charge in [0, 0.05) is 5.92 Å². The van der Waals surface area contributed by atoms with Gasteiger partial charge in [0.15, 0.2) is 0 Å². The van der Waals surface area contributed by atoms with Crippen LogP contribution in [0.2, 0.25) is 0 Å². The van der Waals surface area contributed by atoms with E-state index in [1.807, 2.05) is 13.8 Å². The first-order valence-corrected chi connectivity index (χ1v) is 6.74. The number of hydrogen-bond acceptors (Lipinski definition) is 6. The van der Waals surface area contributed by atoms with E-state index < -0.39 is 5.54 Å². The van der Waals surface area contributed by atoms with Crippen molar-refractivity contribution in [3.8, 4) is 0 Å². The van der Waals surface area contributed by atoms with Crippen LogP contribution in [0, 0.1) is 0 Å². The molecule has 1 aliphatic rings. The molecule has 6 nitrogen and oxygen atoms in total. The highest BCUT2D eigenvalue weighted by Gasteiger charge is 2.34.